The van der Waals surface area contributed by atoms with Gasteiger partial charge in [-0.05, 0) is 60.8 Å². The molecule has 8 heteroatoms. The van der Waals surface area contributed by atoms with Gasteiger partial charge >= 0.3 is 6.03 Å². The number of aromatic nitrogens is 1. The molecule has 2 aliphatic heterocycles. The van der Waals surface area contributed by atoms with Gasteiger partial charge in [0.15, 0.2) is 0 Å². The molecule has 3 heterocycles. The van der Waals surface area contributed by atoms with Crippen LogP contribution >= 0.6 is 0 Å². The number of imide groups is 1. The number of fused-ring (bicyclic) bond motifs is 4. The zero-order valence-corrected chi connectivity index (χ0v) is 20.6. The summed E-state index contributed by atoms with van der Waals surface area (Å²) in [5, 5.41) is 14.5. The zero-order chi connectivity index (χ0) is 24.9. The molecule has 184 valence electrons. The third kappa shape index (κ3) is 3.72. The van der Waals surface area contributed by atoms with E-state index in [1.807, 2.05) is 31.2 Å². The van der Waals surface area contributed by atoms with Crippen LogP contribution in [0.25, 0.3) is 10.9 Å². The number of aromatic hydroxyl groups is 1. The van der Waals surface area contributed by atoms with Gasteiger partial charge in [-0.2, -0.15) is 0 Å². The van der Waals surface area contributed by atoms with Crippen LogP contribution in [0.1, 0.15) is 43.6 Å². The third-order valence-corrected chi connectivity index (χ3v) is 7.12. The lowest BCUT2D eigenvalue weighted by molar-refractivity contribution is -0.133. The van der Waals surface area contributed by atoms with Crippen molar-refractivity contribution in [2.45, 2.75) is 38.8 Å². The summed E-state index contributed by atoms with van der Waals surface area (Å²) in [5.74, 6) is 1.13. The Kier molecular flexibility index (Phi) is 5.71. The van der Waals surface area contributed by atoms with E-state index < -0.39 is 11.6 Å². The number of nitrogens with zero attached hydrogens (tertiary/aromatic N) is 2. The number of benzene rings is 2. The Morgan fingerprint density at radius 2 is 2.03 bits per heavy atom. The largest absolute Gasteiger partial charge is 0.508 e. The second kappa shape index (κ2) is 8.61. The van der Waals surface area contributed by atoms with Crippen molar-refractivity contribution in [2.75, 3.05) is 26.7 Å². The van der Waals surface area contributed by atoms with Crippen molar-refractivity contribution in [1.29, 1.82) is 0 Å². The molecule has 1 fully saturated rings. The maximum Gasteiger partial charge on any atom is 0.328 e. The molecule has 1 unspecified atom stereocenters. The highest BCUT2D eigenvalue weighted by atomic mass is 16.5. The van der Waals surface area contributed by atoms with Gasteiger partial charge in [0.05, 0.1) is 7.11 Å². The Morgan fingerprint density at radius 3 is 2.74 bits per heavy atom. The fourth-order valence-corrected chi connectivity index (χ4v) is 5.44. The van der Waals surface area contributed by atoms with E-state index in [1.165, 1.54) is 4.90 Å². The second-order valence-electron chi connectivity index (χ2n) is 10.1. The molecule has 0 spiro atoms. The lowest BCUT2D eigenvalue weighted by Crippen LogP contribution is -2.53. The van der Waals surface area contributed by atoms with Gasteiger partial charge < -0.3 is 20.1 Å². The van der Waals surface area contributed by atoms with Gasteiger partial charge in [0, 0.05) is 36.1 Å². The number of aromatic amines is 1. The molecule has 0 aliphatic carbocycles. The first kappa shape index (κ1) is 23.2. The molecule has 0 bridgehead atoms. The summed E-state index contributed by atoms with van der Waals surface area (Å²) in [6, 6.07) is 11.9. The average molecular weight is 477 g/mol. The van der Waals surface area contributed by atoms with E-state index in [9.17, 15) is 14.7 Å². The number of methoxy groups -OCH3 is 1. The smallest absolute Gasteiger partial charge is 0.328 e. The molecular weight excluding hydrogens is 444 g/mol. The first-order valence-electron chi connectivity index (χ1n) is 12.1. The van der Waals surface area contributed by atoms with Crippen molar-refractivity contribution >= 4 is 22.8 Å². The summed E-state index contributed by atoms with van der Waals surface area (Å²) in [6.45, 7) is 7.77. The lowest BCUT2D eigenvalue weighted by atomic mass is 9.81. The van der Waals surface area contributed by atoms with Crippen molar-refractivity contribution in [2.24, 2.45) is 5.92 Å². The summed E-state index contributed by atoms with van der Waals surface area (Å²) in [7, 11) is 1.63. The van der Waals surface area contributed by atoms with Gasteiger partial charge in [-0.1, -0.05) is 26.0 Å². The fourth-order valence-electron chi connectivity index (χ4n) is 5.44. The number of H-pyrrole nitrogens is 1. The predicted molar refractivity (Wildman–Crippen MR) is 134 cm³/mol. The van der Waals surface area contributed by atoms with E-state index >= 15 is 0 Å². The van der Waals surface area contributed by atoms with E-state index in [0.717, 1.165) is 40.0 Å². The SMILES string of the molecule is COc1ccc2[nH]c3c(c2c1)C[C@@]1(C)C(=O)N(CCNCC(C)C)C(=O)N1C3c1cccc(O)c1. The molecule has 1 saturated heterocycles. The lowest BCUT2D eigenvalue weighted by Gasteiger charge is -2.42. The molecule has 2 aromatic carbocycles. The Hall–Kier alpha value is -3.52. The Labute approximate surface area is 204 Å². The van der Waals surface area contributed by atoms with Gasteiger partial charge in [0.1, 0.15) is 23.1 Å². The molecule has 3 N–H and O–H groups in total. The maximum absolute atomic E-state index is 13.8. The topological polar surface area (TPSA) is 97.9 Å². The van der Waals surface area contributed by atoms with Crippen LogP contribution < -0.4 is 10.1 Å². The number of phenolic OH excluding ortho intramolecular Hbond substituents is 1. The number of hydrogen-bond acceptors (Lipinski definition) is 5. The number of carbonyl (C=O) groups is 2. The van der Waals surface area contributed by atoms with Crippen LogP contribution in [-0.4, -0.2) is 64.1 Å². The molecule has 0 radical (unpaired) electrons. The van der Waals surface area contributed by atoms with Gasteiger partial charge in [0.25, 0.3) is 5.91 Å². The molecule has 2 aliphatic rings. The molecule has 0 saturated carbocycles. The van der Waals surface area contributed by atoms with Crippen molar-refractivity contribution in [1.82, 2.24) is 20.1 Å². The van der Waals surface area contributed by atoms with Crippen LogP contribution in [-0.2, 0) is 11.2 Å². The highest BCUT2D eigenvalue weighted by Gasteiger charge is 2.60. The molecule has 3 aromatic rings. The van der Waals surface area contributed by atoms with Gasteiger partial charge in [-0.3, -0.25) is 14.6 Å². The Bertz CT molecular complexity index is 1300. The minimum atomic E-state index is -1.05. The van der Waals surface area contributed by atoms with Crippen LogP contribution in [0.3, 0.4) is 0 Å². The number of nitrogens with one attached hydrogen (secondary N) is 2. The predicted octanol–water partition coefficient (Wildman–Crippen LogP) is 3.80. The number of urea groups is 1. The van der Waals surface area contributed by atoms with Crippen molar-refractivity contribution in [3.05, 3.63) is 59.3 Å². The van der Waals surface area contributed by atoms with Crippen LogP contribution in [0, 0.1) is 5.92 Å². The van der Waals surface area contributed by atoms with E-state index in [2.05, 4.69) is 24.1 Å². The summed E-state index contributed by atoms with van der Waals surface area (Å²) >= 11 is 0. The summed E-state index contributed by atoms with van der Waals surface area (Å²) in [5.41, 5.74) is 2.47. The molecule has 2 atom stereocenters. The highest BCUT2D eigenvalue weighted by molar-refractivity contribution is 6.08. The first-order chi connectivity index (χ1) is 16.7. The summed E-state index contributed by atoms with van der Waals surface area (Å²) in [4.78, 5) is 34.1. The number of carbonyl (C=O) groups excluding carboxylic acids is 2. The van der Waals surface area contributed by atoms with E-state index in [1.54, 1.807) is 30.2 Å². The Morgan fingerprint density at radius 1 is 1.23 bits per heavy atom. The van der Waals surface area contributed by atoms with Crippen molar-refractivity contribution < 1.29 is 19.4 Å². The molecule has 5 rings (SSSR count). The molecule has 8 nitrogen and oxygen atoms in total. The fraction of sp³-hybridized carbons (Fsp3) is 0.407. The van der Waals surface area contributed by atoms with Crippen LogP contribution in [0.5, 0.6) is 11.5 Å². The van der Waals surface area contributed by atoms with Gasteiger partial charge in [-0.25, -0.2) is 4.79 Å². The summed E-state index contributed by atoms with van der Waals surface area (Å²) < 4.78 is 5.45. The van der Waals surface area contributed by atoms with Crippen LogP contribution in [0.2, 0.25) is 0 Å². The van der Waals surface area contributed by atoms with Crippen molar-refractivity contribution in [3.63, 3.8) is 0 Å². The monoisotopic (exact) mass is 476 g/mol. The Balaban J connectivity index is 1.61. The van der Waals surface area contributed by atoms with Crippen LogP contribution in [0.15, 0.2) is 42.5 Å². The summed E-state index contributed by atoms with van der Waals surface area (Å²) in [6.07, 6.45) is 0.394. The molecule has 3 amide bonds. The standard InChI is InChI=1S/C27H32N4O4/c1-16(2)15-28-10-11-30-25(33)27(3)14-21-20-13-19(35-4)8-9-22(20)29-23(21)24(31(27)26(30)34)17-6-5-7-18(32)12-17/h5-9,12-13,16,24,28-29,32H,10-11,14-15H2,1-4H3/t24?,27-/m0/s1. The van der Waals surface area contributed by atoms with Crippen molar-refractivity contribution in [3.8, 4) is 11.5 Å². The average Bonchev–Trinajstić information content (AvgIpc) is 3.27. The van der Waals surface area contributed by atoms with Gasteiger partial charge in [-0.15, -0.1) is 0 Å². The molecular formula is C27H32N4O4. The highest BCUT2D eigenvalue weighted by Crippen LogP contribution is 2.49. The number of ether oxygens (including phenoxy) is 1. The third-order valence-electron chi connectivity index (χ3n) is 7.12. The quantitative estimate of drug-likeness (QED) is 0.356. The normalized spacial score (nSPS) is 21.7. The van der Waals surface area contributed by atoms with E-state index in [0.29, 0.717) is 25.4 Å². The second-order valence-corrected chi connectivity index (χ2v) is 10.1. The first-order valence-corrected chi connectivity index (χ1v) is 12.1. The minimum absolute atomic E-state index is 0.113. The minimum Gasteiger partial charge on any atom is -0.508 e. The zero-order valence-electron chi connectivity index (χ0n) is 20.6. The number of rotatable bonds is 7. The van der Waals surface area contributed by atoms with E-state index in [4.69, 9.17) is 4.74 Å². The number of phenols is 1. The maximum atomic E-state index is 13.8. The molecule has 1 aromatic heterocycles. The molecule has 35 heavy (non-hydrogen) atoms. The van der Waals surface area contributed by atoms with E-state index in [-0.39, 0.29) is 17.7 Å². The van der Waals surface area contributed by atoms with Crippen LogP contribution in [0.4, 0.5) is 4.79 Å². The number of amides is 3. The van der Waals surface area contributed by atoms with Gasteiger partial charge in [0.2, 0.25) is 0 Å². The number of hydrogen-bond donors (Lipinski definition) is 3.